The van der Waals surface area contributed by atoms with Crippen LogP contribution in [0, 0.1) is 0 Å². The highest BCUT2D eigenvalue weighted by Gasteiger charge is 2.17. The van der Waals surface area contributed by atoms with Gasteiger partial charge in [-0.05, 0) is 6.07 Å². The lowest BCUT2D eigenvalue weighted by Crippen LogP contribution is -1.98. The number of nitrogens with two attached hydrogens (primary N) is 1. The summed E-state index contributed by atoms with van der Waals surface area (Å²) in [4.78, 5) is 3.98. The quantitative estimate of drug-likeness (QED) is 0.914. The third-order valence-corrected chi connectivity index (χ3v) is 2.84. The summed E-state index contributed by atoms with van der Waals surface area (Å²) >= 11 is 0. The van der Waals surface area contributed by atoms with Crippen molar-refractivity contribution in [2.45, 2.75) is 0 Å². The van der Waals surface area contributed by atoms with E-state index >= 15 is 0 Å². The maximum Gasteiger partial charge on any atom is 0.134 e. The van der Waals surface area contributed by atoms with Gasteiger partial charge in [0.15, 0.2) is 0 Å². The van der Waals surface area contributed by atoms with Crippen molar-refractivity contribution >= 4 is 5.69 Å². The summed E-state index contributed by atoms with van der Waals surface area (Å²) in [7, 11) is 4.78. The number of hydrogen-bond acceptors (Lipinski definition) is 5. The van der Waals surface area contributed by atoms with Gasteiger partial charge >= 0.3 is 0 Å². The van der Waals surface area contributed by atoms with Gasteiger partial charge in [0, 0.05) is 23.9 Å². The first-order valence-corrected chi connectivity index (χ1v) is 5.71. The number of rotatable bonds is 4. The van der Waals surface area contributed by atoms with E-state index in [-0.39, 0.29) is 0 Å². The SMILES string of the molecule is COc1cc(OC)c(-c2ccncc2N)c(OC)c1. The van der Waals surface area contributed by atoms with Gasteiger partial charge in [-0.25, -0.2) is 0 Å². The van der Waals surface area contributed by atoms with E-state index in [9.17, 15) is 0 Å². The first-order chi connectivity index (χ1) is 9.21. The minimum absolute atomic E-state index is 0.560. The molecule has 0 aliphatic heterocycles. The second-order valence-corrected chi connectivity index (χ2v) is 3.87. The van der Waals surface area contributed by atoms with Gasteiger partial charge in [0.05, 0.1) is 38.8 Å². The van der Waals surface area contributed by atoms with Gasteiger partial charge in [0.2, 0.25) is 0 Å². The Hall–Kier alpha value is -2.43. The monoisotopic (exact) mass is 260 g/mol. The molecule has 5 heteroatoms. The summed E-state index contributed by atoms with van der Waals surface area (Å²) in [6, 6.07) is 5.40. The molecule has 0 amide bonds. The number of hydrogen-bond donors (Lipinski definition) is 1. The van der Waals surface area contributed by atoms with Gasteiger partial charge in [-0.2, -0.15) is 0 Å². The normalized spacial score (nSPS) is 10.1. The summed E-state index contributed by atoms with van der Waals surface area (Å²) in [6.45, 7) is 0. The Morgan fingerprint density at radius 1 is 1.00 bits per heavy atom. The van der Waals surface area contributed by atoms with Gasteiger partial charge in [0.1, 0.15) is 17.2 Å². The van der Waals surface area contributed by atoms with Crippen LogP contribution in [-0.2, 0) is 0 Å². The molecule has 100 valence electrons. The smallest absolute Gasteiger partial charge is 0.134 e. The third kappa shape index (κ3) is 2.40. The lowest BCUT2D eigenvalue weighted by atomic mass is 10.0. The molecule has 0 aliphatic carbocycles. The lowest BCUT2D eigenvalue weighted by molar-refractivity contribution is 0.377. The largest absolute Gasteiger partial charge is 0.496 e. The maximum atomic E-state index is 5.97. The van der Waals surface area contributed by atoms with Crippen molar-refractivity contribution in [3.8, 4) is 28.4 Å². The molecule has 5 nitrogen and oxygen atoms in total. The molecule has 0 unspecified atom stereocenters. The Morgan fingerprint density at radius 2 is 1.63 bits per heavy atom. The van der Waals surface area contributed by atoms with Crippen molar-refractivity contribution in [3.63, 3.8) is 0 Å². The molecule has 0 atom stereocenters. The van der Waals surface area contributed by atoms with Crippen LogP contribution in [0.25, 0.3) is 11.1 Å². The van der Waals surface area contributed by atoms with Gasteiger partial charge in [-0.1, -0.05) is 0 Å². The van der Waals surface area contributed by atoms with Crippen LogP contribution in [0.1, 0.15) is 0 Å². The molecule has 0 saturated carbocycles. The fourth-order valence-electron chi connectivity index (χ4n) is 1.91. The molecule has 1 aromatic heterocycles. The number of aromatic nitrogens is 1. The summed E-state index contributed by atoms with van der Waals surface area (Å²) in [5, 5.41) is 0. The van der Waals surface area contributed by atoms with Crippen LogP contribution < -0.4 is 19.9 Å². The number of anilines is 1. The molecule has 19 heavy (non-hydrogen) atoms. The fourth-order valence-corrected chi connectivity index (χ4v) is 1.91. The summed E-state index contributed by atoms with van der Waals surface area (Å²) in [5.74, 6) is 1.92. The van der Waals surface area contributed by atoms with Crippen LogP contribution in [-0.4, -0.2) is 26.3 Å². The van der Waals surface area contributed by atoms with Gasteiger partial charge in [0.25, 0.3) is 0 Å². The number of methoxy groups -OCH3 is 3. The lowest BCUT2D eigenvalue weighted by Gasteiger charge is -2.16. The number of nitrogen functional groups attached to an aromatic ring is 1. The van der Waals surface area contributed by atoms with E-state index in [0.717, 1.165) is 11.1 Å². The van der Waals surface area contributed by atoms with E-state index in [2.05, 4.69) is 4.98 Å². The molecule has 2 rings (SSSR count). The van der Waals surface area contributed by atoms with E-state index in [1.807, 2.05) is 6.07 Å². The van der Waals surface area contributed by atoms with Crippen molar-refractivity contribution in [3.05, 3.63) is 30.6 Å². The van der Waals surface area contributed by atoms with Crippen molar-refractivity contribution in [1.29, 1.82) is 0 Å². The van der Waals surface area contributed by atoms with Gasteiger partial charge in [-0.15, -0.1) is 0 Å². The van der Waals surface area contributed by atoms with Crippen LogP contribution in [0.3, 0.4) is 0 Å². The molecule has 1 heterocycles. The standard InChI is InChI=1S/C14H16N2O3/c1-17-9-6-12(18-2)14(13(7-9)19-3)10-4-5-16-8-11(10)15/h4-8H,15H2,1-3H3. The number of benzene rings is 1. The first-order valence-electron chi connectivity index (χ1n) is 5.71. The van der Waals surface area contributed by atoms with E-state index in [4.69, 9.17) is 19.9 Å². The highest BCUT2D eigenvalue weighted by Crippen LogP contribution is 2.43. The Morgan fingerprint density at radius 3 is 2.11 bits per heavy atom. The minimum atomic E-state index is 0.560. The van der Waals surface area contributed by atoms with Gasteiger partial charge in [-0.3, -0.25) is 4.98 Å². The summed E-state index contributed by atoms with van der Waals surface area (Å²) < 4.78 is 16.0. The van der Waals surface area contributed by atoms with Crippen LogP contribution >= 0.6 is 0 Å². The molecule has 0 aliphatic rings. The van der Waals surface area contributed by atoms with Crippen molar-refractivity contribution in [1.82, 2.24) is 4.98 Å². The topological polar surface area (TPSA) is 66.6 Å². The molecule has 0 radical (unpaired) electrons. The molecule has 0 fully saturated rings. The van der Waals surface area contributed by atoms with E-state index < -0.39 is 0 Å². The molecular weight excluding hydrogens is 244 g/mol. The first kappa shape index (κ1) is 13.0. The number of pyridine rings is 1. The fraction of sp³-hybridized carbons (Fsp3) is 0.214. The van der Waals surface area contributed by atoms with Crippen molar-refractivity contribution in [2.75, 3.05) is 27.1 Å². The molecule has 0 bridgehead atoms. The van der Waals surface area contributed by atoms with Crippen LogP contribution in [0.5, 0.6) is 17.2 Å². The molecule has 1 aromatic carbocycles. The summed E-state index contributed by atoms with van der Waals surface area (Å²) in [6.07, 6.45) is 3.27. The Labute approximate surface area is 111 Å². The Kier molecular flexibility index (Phi) is 3.75. The maximum absolute atomic E-state index is 5.97. The van der Waals surface area contributed by atoms with Gasteiger partial charge < -0.3 is 19.9 Å². The van der Waals surface area contributed by atoms with E-state index in [1.54, 1.807) is 45.9 Å². The highest BCUT2D eigenvalue weighted by molar-refractivity contribution is 5.85. The van der Waals surface area contributed by atoms with Crippen LogP contribution in [0.4, 0.5) is 5.69 Å². The predicted octanol–water partition coefficient (Wildman–Crippen LogP) is 2.36. The van der Waals surface area contributed by atoms with E-state index in [1.165, 1.54) is 0 Å². The predicted molar refractivity (Wildman–Crippen MR) is 73.7 cm³/mol. The average Bonchev–Trinajstić information content (AvgIpc) is 2.46. The molecular formula is C14H16N2O3. The second-order valence-electron chi connectivity index (χ2n) is 3.87. The Bertz CT molecular complexity index is 560. The Balaban J connectivity index is 2.71. The molecule has 2 N–H and O–H groups in total. The number of ether oxygens (including phenoxy) is 3. The molecule has 0 spiro atoms. The highest BCUT2D eigenvalue weighted by atomic mass is 16.5. The third-order valence-electron chi connectivity index (χ3n) is 2.84. The minimum Gasteiger partial charge on any atom is -0.496 e. The van der Waals surface area contributed by atoms with Crippen molar-refractivity contribution in [2.24, 2.45) is 0 Å². The zero-order valence-corrected chi connectivity index (χ0v) is 11.1. The van der Waals surface area contributed by atoms with E-state index in [0.29, 0.717) is 22.9 Å². The second kappa shape index (κ2) is 5.48. The van der Waals surface area contributed by atoms with Crippen molar-refractivity contribution < 1.29 is 14.2 Å². The molecule has 0 saturated heterocycles. The number of nitrogens with zero attached hydrogens (tertiary/aromatic N) is 1. The van der Waals surface area contributed by atoms with Crippen LogP contribution in [0.2, 0.25) is 0 Å². The zero-order valence-electron chi connectivity index (χ0n) is 11.1. The molecule has 2 aromatic rings. The summed E-state index contributed by atoms with van der Waals surface area (Å²) in [5.41, 5.74) is 8.12. The zero-order chi connectivity index (χ0) is 13.8. The average molecular weight is 260 g/mol. The van der Waals surface area contributed by atoms with Crippen LogP contribution in [0.15, 0.2) is 30.6 Å².